The molecule has 2 saturated heterocycles. The Balaban J connectivity index is 1.05. The second-order valence-corrected chi connectivity index (χ2v) is 7.94. The summed E-state index contributed by atoms with van der Waals surface area (Å²) in [4.78, 5) is 26.2. The summed E-state index contributed by atoms with van der Waals surface area (Å²) >= 11 is 0. The van der Waals surface area contributed by atoms with E-state index in [0.29, 0.717) is 50.7 Å². The van der Waals surface area contributed by atoms with Crippen LogP contribution in [-0.4, -0.2) is 68.8 Å². The second kappa shape index (κ2) is 8.92. The molecule has 7 nitrogen and oxygen atoms in total. The SMILES string of the molecule is O=C1CC(C(=O)NC2[C@H]3CN(CCOCCOc4ccccc4)C[C@@H]23)CCN1. The van der Waals surface area contributed by atoms with E-state index in [4.69, 9.17) is 9.47 Å². The maximum Gasteiger partial charge on any atom is 0.223 e. The number of amides is 2. The average molecular weight is 387 g/mol. The molecule has 28 heavy (non-hydrogen) atoms. The van der Waals surface area contributed by atoms with E-state index in [1.54, 1.807) is 0 Å². The molecule has 4 atom stereocenters. The summed E-state index contributed by atoms with van der Waals surface area (Å²) in [6.45, 7) is 5.41. The number of likely N-dealkylation sites (tertiary alicyclic amines) is 1. The number of nitrogens with one attached hydrogen (secondary N) is 2. The molecule has 0 radical (unpaired) electrons. The zero-order valence-electron chi connectivity index (χ0n) is 16.1. The van der Waals surface area contributed by atoms with Crippen LogP contribution in [0.3, 0.4) is 0 Å². The lowest BCUT2D eigenvalue weighted by molar-refractivity contribution is -0.132. The van der Waals surface area contributed by atoms with Crippen LogP contribution in [0.2, 0.25) is 0 Å². The van der Waals surface area contributed by atoms with Crippen LogP contribution in [0.1, 0.15) is 12.8 Å². The number of piperidine rings is 2. The van der Waals surface area contributed by atoms with Gasteiger partial charge in [-0.1, -0.05) is 18.2 Å². The Kier molecular flexibility index (Phi) is 6.12. The van der Waals surface area contributed by atoms with Gasteiger partial charge >= 0.3 is 0 Å². The molecule has 2 unspecified atom stereocenters. The van der Waals surface area contributed by atoms with E-state index in [9.17, 15) is 9.59 Å². The minimum atomic E-state index is -0.155. The number of benzene rings is 1. The van der Waals surface area contributed by atoms with Gasteiger partial charge in [-0.3, -0.25) is 9.59 Å². The van der Waals surface area contributed by atoms with Crippen molar-refractivity contribution in [1.29, 1.82) is 0 Å². The summed E-state index contributed by atoms with van der Waals surface area (Å²) in [6.07, 6.45) is 1.07. The lowest BCUT2D eigenvalue weighted by atomic mass is 9.96. The molecule has 0 bridgehead atoms. The molecule has 1 aliphatic carbocycles. The van der Waals surface area contributed by atoms with Gasteiger partial charge in [0.1, 0.15) is 12.4 Å². The molecule has 7 heteroatoms. The van der Waals surface area contributed by atoms with Crippen LogP contribution >= 0.6 is 0 Å². The van der Waals surface area contributed by atoms with E-state index in [0.717, 1.165) is 31.8 Å². The van der Waals surface area contributed by atoms with Gasteiger partial charge in [0, 0.05) is 44.6 Å². The Morgan fingerprint density at radius 1 is 1.14 bits per heavy atom. The van der Waals surface area contributed by atoms with Gasteiger partial charge in [-0.15, -0.1) is 0 Å². The van der Waals surface area contributed by atoms with Crippen molar-refractivity contribution in [3.63, 3.8) is 0 Å². The predicted octanol–water partition coefficient (Wildman–Crippen LogP) is 0.655. The molecular weight excluding hydrogens is 358 g/mol. The summed E-state index contributed by atoms with van der Waals surface area (Å²) < 4.78 is 11.3. The number of carbonyl (C=O) groups excluding carboxylic acids is 2. The van der Waals surface area contributed by atoms with Gasteiger partial charge in [-0.05, 0) is 30.4 Å². The molecule has 0 spiro atoms. The van der Waals surface area contributed by atoms with Crippen LogP contribution in [0.25, 0.3) is 0 Å². The smallest absolute Gasteiger partial charge is 0.223 e. The molecule has 2 aliphatic heterocycles. The Labute approximate surface area is 165 Å². The maximum absolute atomic E-state index is 12.3. The highest BCUT2D eigenvalue weighted by atomic mass is 16.5. The van der Waals surface area contributed by atoms with Crippen LogP contribution < -0.4 is 15.4 Å². The summed E-state index contributed by atoms with van der Waals surface area (Å²) in [7, 11) is 0. The zero-order valence-corrected chi connectivity index (χ0v) is 16.1. The van der Waals surface area contributed by atoms with Gasteiger partial charge in [0.05, 0.1) is 13.2 Å². The first-order chi connectivity index (χ1) is 13.7. The van der Waals surface area contributed by atoms with E-state index in [1.807, 2.05) is 30.3 Å². The van der Waals surface area contributed by atoms with Crippen LogP contribution in [0.4, 0.5) is 0 Å². The molecule has 1 aromatic carbocycles. The van der Waals surface area contributed by atoms with Crippen molar-refractivity contribution in [3.05, 3.63) is 30.3 Å². The summed E-state index contributed by atoms with van der Waals surface area (Å²) in [5.74, 6) is 1.88. The van der Waals surface area contributed by atoms with Crippen molar-refractivity contribution in [2.24, 2.45) is 17.8 Å². The molecule has 2 N–H and O–H groups in total. The van der Waals surface area contributed by atoms with E-state index in [2.05, 4.69) is 15.5 Å². The minimum Gasteiger partial charge on any atom is -0.491 e. The Bertz CT molecular complexity index is 671. The third-order valence-electron chi connectivity index (χ3n) is 5.99. The van der Waals surface area contributed by atoms with Crippen molar-refractivity contribution in [3.8, 4) is 5.75 Å². The van der Waals surface area contributed by atoms with Crippen LogP contribution in [0.5, 0.6) is 5.75 Å². The normalized spacial score (nSPS) is 29.1. The van der Waals surface area contributed by atoms with E-state index >= 15 is 0 Å². The number of rotatable bonds is 9. The number of para-hydroxylation sites is 1. The molecule has 2 amide bonds. The highest BCUT2D eigenvalue weighted by Gasteiger charge is 2.56. The molecule has 1 saturated carbocycles. The van der Waals surface area contributed by atoms with Crippen molar-refractivity contribution >= 4 is 11.8 Å². The van der Waals surface area contributed by atoms with Crippen molar-refractivity contribution in [1.82, 2.24) is 15.5 Å². The Morgan fingerprint density at radius 3 is 2.68 bits per heavy atom. The first-order valence-electron chi connectivity index (χ1n) is 10.3. The van der Waals surface area contributed by atoms with Crippen molar-refractivity contribution in [2.75, 3.05) is 46.0 Å². The van der Waals surface area contributed by atoms with E-state index in [1.165, 1.54) is 0 Å². The van der Waals surface area contributed by atoms with Gasteiger partial charge < -0.3 is 25.0 Å². The molecule has 152 valence electrons. The standard InChI is InChI=1S/C21H29N3O4/c25-19-12-15(6-7-22-19)21(26)23-20-17-13-24(14-18(17)20)8-9-27-10-11-28-16-4-2-1-3-5-16/h1-5,15,17-18,20H,6-14H2,(H,22,25)(H,23,26)/t15?,17-,18+,20?. The molecule has 4 rings (SSSR count). The molecule has 0 aromatic heterocycles. The fourth-order valence-corrected chi connectivity index (χ4v) is 4.33. The third-order valence-corrected chi connectivity index (χ3v) is 5.99. The van der Waals surface area contributed by atoms with Gasteiger partial charge in [0.25, 0.3) is 0 Å². The molecule has 2 heterocycles. The molecular formula is C21H29N3O4. The number of nitrogens with zero attached hydrogens (tertiary/aromatic N) is 1. The summed E-state index contributed by atoms with van der Waals surface area (Å²) in [6, 6.07) is 10.1. The second-order valence-electron chi connectivity index (χ2n) is 7.94. The minimum absolute atomic E-state index is 0.0114. The van der Waals surface area contributed by atoms with E-state index in [-0.39, 0.29) is 17.7 Å². The van der Waals surface area contributed by atoms with Gasteiger partial charge in [0.2, 0.25) is 11.8 Å². The lowest BCUT2D eigenvalue weighted by Crippen LogP contribution is -2.43. The monoisotopic (exact) mass is 387 g/mol. The Hall–Kier alpha value is -2.12. The summed E-state index contributed by atoms with van der Waals surface area (Å²) in [5.41, 5.74) is 0. The lowest BCUT2D eigenvalue weighted by Gasteiger charge is -2.23. The molecule has 1 aromatic rings. The quantitative estimate of drug-likeness (QED) is 0.609. The average Bonchev–Trinajstić information content (AvgIpc) is 3.14. The van der Waals surface area contributed by atoms with Crippen LogP contribution in [0, 0.1) is 17.8 Å². The number of carbonyl (C=O) groups is 2. The predicted molar refractivity (Wildman–Crippen MR) is 104 cm³/mol. The third kappa shape index (κ3) is 4.83. The first-order valence-corrected chi connectivity index (χ1v) is 10.3. The topological polar surface area (TPSA) is 79.9 Å². The maximum atomic E-state index is 12.3. The van der Waals surface area contributed by atoms with E-state index < -0.39 is 0 Å². The van der Waals surface area contributed by atoms with Gasteiger partial charge in [-0.25, -0.2) is 0 Å². The fraction of sp³-hybridized carbons (Fsp3) is 0.619. The number of fused-ring (bicyclic) bond motifs is 1. The van der Waals surface area contributed by atoms with Crippen molar-refractivity contribution < 1.29 is 19.1 Å². The van der Waals surface area contributed by atoms with Crippen LogP contribution in [0.15, 0.2) is 30.3 Å². The molecule has 3 fully saturated rings. The van der Waals surface area contributed by atoms with Crippen molar-refractivity contribution in [2.45, 2.75) is 18.9 Å². The van der Waals surface area contributed by atoms with Gasteiger partial charge in [0.15, 0.2) is 0 Å². The van der Waals surface area contributed by atoms with Crippen LogP contribution in [-0.2, 0) is 14.3 Å². The van der Waals surface area contributed by atoms with Gasteiger partial charge in [-0.2, -0.15) is 0 Å². The molecule has 3 aliphatic rings. The fourth-order valence-electron chi connectivity index (χ4n) is 4.33. The largest absolute Gasteiger partial charge is 0.491 e. The number of hydrogen-bond donors (Lipinski definition) is 2. The summed E-state index contributed by atoms with van der Waals surface area (Å²) in [5, 5.41) is 5.95. The zero-order chi connectivity index (χ0) is 19.3. The first kappa shape index (κ1) is 19.2. The Morgan fingerprint density at radius 2 is 1.93 bits per heavy atom. The number of hydrogen-bond acceptors (Lipinski definition) is 5. The highest BCUT2D eigenvalue weighted by Crippen LogP contribution is 2.45. The highest BCUT2D eigenvalue weighted by molar-refractivity contribution is 5.87. The number of ether oxygens (including phenoxy) is 2.